The van der Waals surface area contributed by atoms with E-state index in [0.29, 0.717) is 5.69 Å². The van der Waals surface area contributed by atoms with Crippen LogP contribution in [0.2, 0.25) is 0 Å². The van der Waals surface area contributed by atoms with Crippen molar-refractivity contribution in [2.75, 3.05) is 5.75 Å². The molecule has 180 valence electrons. The molecule has 2 aromatic carbocycles. The van der Waals surface area contributed by atoms with E-state index >= 15 is 0 Å². The standard InChI is InChI=1S/C26H30N2O5S/c1-18(2)27-26(30)24-25(33-17-20-8-6-5-7-9-20)23(29)16-21(28(24)4)14-15-34(31,32)22-12-10-19(3)11-13-22/h5-13,16,18H,14-15,17H2,1-4H3,(H,27,30). The van der Waals surface area contributed by atoms with E-state index in [0.717, 1.165) is 11.1 Å². The molecule has 0 saturated heterocycles. The maximum atomic E-state index is 13.0. The summed E-state index contributed by atoms with van der Waals surface area (Å²) in [7, 11) is -1.92. The van der Waals surface area contributed by atoms with Gasteiger partial charge in [-0.25, -0.2) is 8.42 Å². The Kier molecular flexibility index (Phi) is 7.94. The number of pyridine rings is 1. The molecule has 0 bridgehead atoms. The second kappa shape index (κ2) is 10.7. The fourth-order valence-electron chi connectivity index (χ4n) is 3.52. The van der Waals surface area contributed by atoms with E-state index in [-0.39, 0.29) is 41.2 Å². The molecule has 1 heterocycles. The number of carbonyl (C=O) groups is 1. The number of hydrogen-bond donors (Lipinski definition) is 1. The molecule has 0 aliphatic rings. The molecular formula is C26H30N2O5S. The number of carbonyl (C=O) groups excluding carboxylic acids is 1. The van der Waals surface area contributed by atoms with E-state index in [1.54, 1.807) is 35.9 Å². The van der Waals surface area contributed by atoms with E-state index < -0.39 is 21.2 Å². The first-order chi connectivity index (χ1) is 16.1. The van der Waals surface area contributed by atoms with Gasteiger partial charge in [-0.15, -0.1) is 0 Å². The summed E-state index contributed by atoms with van der Waals surface area (Å²) < 4.78 is 33.0. The number of aryl methyl sites for hydroxylation is 2. The van der Waals surface area contributed by atoms with Gasteiger partial charge in [0.2, 0.25) is 5.43 Å². The number of nitrogens with zero attached hydrogens (tertiary/aromatic N) is 1. The second-order valence-electron chi connectivity index (χ2n) is 8.52. The van der Waals surface area contributed by atoms with Crippen molar-refractivity contribution in [2.45, 2.75) is 44.7 Å². The lowest BCUT2D eigenvalue weighted by atomic mass is 10.2. The number of hydrogen-bond acceptors (Lipinski definition) is 5. The highest BCUT2D eigenvalue weighted by Crippen LogP contribution is 2.19. The topological polar surface area (TPSA) is 94.5 Å². The number of benzene rings is 2. The van der Waals surface area contributed by atoms with E-state index in [1.165, 1.54) is 6.07 Å². The van der Waals surface area contributed by atoms with Crippen molar-refractivity contribution in [2.24, 2.45) is 7.05 Å². The van der Waals surface area contributed by atoms with E-state index in [9.17, 15) is 18.0 Å². The number of amides is 1. The SMILES string of the molecule is Cc1ccc(S(=O)(=O)CCc2cc(=O)c(OCc3ccccc3)c(C(=O)NC(C)C)n2C)cc1. The maximum absolute atomic E-state index is 13.0. The Balaban J connectivity index is 1.93. The van der Waals surface area contributed by atoms with Crippen molar-refractivity contribution in [1.29, 1.82) is 0 Å². The lowest BCUT2D eigenvalue weighted by Crippen LogP contribution is -2.34. The summed E-state index contributed by atoms with van der Waals surface area (Å²) in [6.45, 7) is 5.65. The van der Waals surface area contributed by atoms with Gasteiger partial charge in [0.25, 0.3) is 5.91 Å². The van der Waals surface area contributed by atoms with Gasteiger partial charge >= 0.3 is 0 Å². The minimum atomic E-state index is -3.56. The van der Waals surface area contributed by atoms with Gasteiger partial charge in [0, 0.05) is 31.3 Å². The second-order valence-corrected chi connectivity index (χ2v) is 10.6. The summed E-state index contributed by atoms with van der Waals surface area (Å²) in [6.07, 6.45) is 0.0723. The maximum Gasteiger partial charge on any atom is 0.272 e. The number of aromatic nitrogens is 1. The molecule has 0 spiro atoms. The van der Waals surface area contributed by atoms with Gasteiger partial charge in [-0.1, -0.05) is 48.0 Å². The molecule has 8 heteroatoms. The van der Waals surface area contributed by atoms with E-state index in [1.807, 2.05) is 51.1 Å². The molecule has 1 amide bonds. The molecule has 0 atom stereocenters. The largest absolute Gasteiger partial charge is 0.483 e. The van der Waals surface area contributed by atoms with Crippen LogP contribution in [0, 0.1) is 6.92 Å². The summed E-state index contributed by atoms with van der Waals surface area (Å²) in [4.78, 5) is 26.2. The molecule has 3 rings (SSSR count). The minimum Gasteiger partial charge on any atom is -0.483 e. The molecule has 0 aliphatic heterocycles. The summed E-state index contributed by atoms with van der Waals surface area (Å²) in [5.74, 6) is -0.714. The zero-order valence-corrected chi connectivity index (χ0v) is 20.7. The fraction of sp³-hybridized carbons (Fsp3) is 0.308. The molecule has 0 unspecified atom stereocenters. The lowest BCUT2D eigenvalue weighted by molar-refractivity contribution is 0.0927. The molecule has 1 N–H and O–H groups in total. The summed E-state index contributed by atoms with van der Waals surface area (Å²) in [5, 5.41) is 2.80. The Hall–Kier alpha value is -3.39. The van der Waals surface area contributed by atoms with Crippen molar-refractivity contribution in [3.63, 3.8) is 0 Å². The Bertz CT molecular complexity index is 1310. The average Bonchev–Trinajstić information content (AvgIpc) is 2.78. The van der Waals surface area contributed by atoms with Gasteiger partial charge in [0.1, 0.15) is 6.61 Å². The van der Waals surface area contributed by atoms with Crippen molar-refractivity contribution >= 4 is 15.7 Å². The van der Waals surface area contributed by atoms with Crippen LogP contribution in [-0.4, -0.2) is 30.7 Å². The normalized spacial score (nSPS) is 11.4. The van der Waals surface area contributed by atoms with Gasteiger partial charge in [-0.3, -0.25) is 9.59 Å². The van der Waals surface area contributed by atoms with Crippen LogP contribution in [0.1, 0.15) is 41.2 Å². The summed E-state index contributed by atoms with van der Waals surface area (Å²) in [5.41, 5.74) is 1.86. The van der Waals surface area contributed by atoms with Crippen LogP contribution in [0.15, 0.2) is 70.4 Å². The third kappa shape index (κ3) is 6.14. The van der Waals surface area contributed by atoms with Crippen LogP contribution in [-0.2, 0) is 29.9 Å². The first-order valence-electron chi connectivity index (χ1n) is 11.1. The molecule has 0 fully saturated rings. The van der Waals surface area contributed by atoms with E-state index in [2.05, 4.69) is 5.32 Å². The van der Waals surface area contributed by atoms with Crippen LogP contribution < -0.4 is 15.5 Å². The zero-order chi connectivity index (χ0) is 24.9. The quantitative estimate of drug-likeness (QED) is 0.504. The Morgan fingerprint density at radius 1 is 1.06 bits per heavy atom. The predicted molar refractivity (Wildman–Crippen MR) is 132 cm³/mol. The highest BCUT2D eigenvalue weighted by atomic mass is 32.2. The fourth-order valence-corrected chi connectivity index (χ4v) is 4.79. The van der Waals surface area contributed by atoms with E-state index in [4.69, 9.17) is 4.74 Å². The molecular weight excluding hydrogens is 452 g/mol. The van der Waals surface area contributed by atoms with Crippen molar-refractivity contribution in [3.05, 3.63) is 93.4 Å². The van der Waals surface area contributed by atoms with Crippen LogP contribution in [0.5, 0.6) is 5.75 Å². The first-order valence-corrected chi connectivity index (χ1v) is 12.7. The van der Waals surface area contributed by atoms with Crippen molar-refractivity contribution < 1.29 is 17.9 Å². The molecule has 0 saturated carbocycles. The molecule has 0 radical (unpaired) electrons. The molecule has 7 nitrogen and oxygen atoms in total. The predicted octanol–water partition coefficient (Wildman–Crippen LogP) is 3.43. The van der Waals surface area contributed by atoms with Gasteiger partial charge in [-0.2, -0.15) is 0 Å². The summed E-state index contributed by atoms with van der Waals surface area (Å²) in [6, 6.07) is 17.2. The monoisotopic (exact) mass is 482 g/mol. The number of sulfone groups is 1. The average molecular weight is 483 g/mol. The Labute approximate surface area is 200 Å². The molecule has 34 heavy (non-hydrogen) atoms. The molecule has 3 aromatic rings. The van der Waals surface area contributed by atoms with Crippen LogP contribution in [0.3, 0.4) is 0 Å². The highest BCUT2D eigenvalue weighted by Gasteiger charge is 2.23. The van der Waals surface area contributed by atoms with Gasteiger partial charge in [0.05, 0.1) is 10.6 Å². The number of ether oxygens (including phenoxy) is 1. The number of nitrogens with one attached hydrogen (secondary N) is 1. The lowest BCUT2D eigenvalue weighted by Gasteiger charge is -2.19. The van der Waals surface area contributed by atoms with Crippen molar-refractivity contribution in [3.8, 4) is 5.75 Å². The molecule has 0 aliphatic carbocycles. The molecule has 1 aromatic heterocycles. The zero-order valence-electron chi connectivity index (χ0n) is 19.9. The van der Waals surface area contributed by atoms with Crippen LogP contribution in [0.4, 0.5) is 0 Å². The van der Waals surface area contributed by atoms with Crippen LogP contribution >= 0.6 is 0 Å². The van der Waals surface area contributed by atoms with Crippen molar-refractivity contribution in [1.82, 2.24) is 9.88 Å². The van der Waals surface area contributed by atoms with Gasteiger partial charge in [0.15, 0.2) is 21.3 Å². The summed E-state index contributed by atoms with van der Waals surface area (Å²) >= 11 is 0. The first kappa shape index (κ1) is 25.2. The van der Waals surface area contributed by atoms with Gasteiger partial charge in [-0.05, 0) is 38.5 Å². The van der Waals surface area contributed by atoms with Crippen LogP contribution in [0.25, 0.3) is 0 Å². The smallest absolute Gasteiger partial charge is 0.272 e. The third-order valence-electron chi connectivity index (χ3n) is 5.37. The Morgan fingerprint density at radius 3 is 2.32 bits per heavy atom. The minimum absolute atomic E-state index is 0.0605. The third-order valence-corrected chi connectivity index (χ3v) is 7.10. The number of rotatable bonds is 9. The van der Waals surface area contributed by atoms with Gasteiger partial charge < -0.3 is 14.6 Å². The Morgan fingerprint density at radius 2 is 1.71 bits per heavy atom. The highest BCUT2D eigenvalue weighted by molar-refractivity contribution is 7.91.